The van der Waals surface area contributed by atoms with E-state index in [1.807, 2.05) is 6.92 Å². The minimum atomic E-state index is -1.35. The first-order valence-electron chi connectivity index (χ1n) is 13.4. The minimum Gasteiger partial charge on any atom is -0.468 e. The third-order valence-corrected chi connectivity index (χ3v) is 8.06. The summed E-state index contributed by atoms with van der Waals surface area (Å²) in [5, 5.41) is 18.2. The highest BCUT2D eigenvalue weighted by Crippen LogP contribution is 2.54. The van der Waals surface area contributed by atoms with Crippen LogP contribution in [0.25, 0.3) is 6.08 Å². The number of aryl methyl sites for hydroxylation is 1. The number of allylic oxidation sites excluding steroid dienone is 1. The summed E-state index contributed by atoms with van der Waals surface area (Å²) in [6.45, 7) is 2.93. The number of nitrogens with one attached hydrogen (secondary N) is 4. The van der Waals surface area contributed by atoms with E-state index in [1.54, 1.807) is 29.2 Å². The van der Waals surface area contributed by atoms with Gasteiger partial charge in [0, 0.05) is 25.5 Å². The van der Waals surface area contributed by atoms with Gasteiger partial charge in [-0.2, -0.15) is 5.10 Å². The van der Waals surface area contributed by atoms with Gasteiger partial charge < -0.3 is 25.8 Å². The SMILES string of the molecule is CCn1nccc1C(=O)NC(c1cnc(/C=C(\C=N)CC2(C(=O)OC)CCNC2=O)[nH]1)C(C1CC1)C1CC1. The van der Waals surface area contributed by atoms with Crippen LogP contribution < -0.4 is 10.6 Å². The molecule has 3 heterocycles. The number of ether oxygens (including phenoxy) is 1. The summed E-state index contributed by atoms with van der Waals surface area (Å²) in [6, 6.07) is 1.50. The van der Waals surface area contributed by atoms with E-state index in [4.69, 9.17) is 10.1 Å². The number of hydrogen-bond acceptors (Lipinski definition) is 7. The molecule has 2 unspecified atom stereocenters. The van der Waals surface area contributed by atoms with Crippen molar-refractivity contribution in [1.29, 1.82) is 5.41 Å². The topological polar surface area (TPSA) is 155 Å². The van der Waals surface area contributed by atoms with Gasteiger partial charge in [0.15, 0.2) is 5.41 Å². The van der Waals surface area contributed by atoms with Crippen molar-refractivity contribution in [3.63, 3.8) is 0 Å². The zero-order chi connectivity index (χ0) is 26.9. The Morgan fingerprint density at radius 1 is 1.32 bits per heavy atom. The molecule has 1 aliphatic heterocycles. The smallest absolute Gasteiger partial charge is 0.321 e. The van der Waals surface area contributed by atoms with Crippen LogP contribution in [0.2, 0.25) is 0 Å². The molecule has 2 aromatic rings. The van der Waals surface area contributed by atoms with E-state index in [2.05, 4.69) is 25.7 Å². The maximum Gasteiger partial charge on any atom is 0.321 e. The Morgan fingerprint density at radius 3 is 2.63 bits per heavy atom. The maximum atomic E-state index is 13.3. The quantitative estimate of drug-likeness (QED) is 0.191. The van der Waals surface area contributed by atoms with Crippen molar-refractivity contribution in [2.75, 3.05) is 13.7 Å². The first-order valence-corrected chi connectivity index (χ1v) is 13.4. The van der Waals surface area contributed by atoms with Gasteiger partial charge in [0.05, 0.1) is 25.0 Å². The Labute approximate surface area is 221 Å². The molecule has 3 aliphatic rings. The molecular formula is C27H35N7O4. The molecule has 2 atom stereocenters. The van der Waals surface area contributed by atoms with Crippen molar-refractivity contribution in [1.82, 2.24) is 30.4 Å². The number of amides is 2. The Morgan fingerprint density at radius 2 is 2.05 bits per heavy atom. The van der Waals surface area contributed by atoms with Crippen molar-refractivity contribution in [3.8, 4) is 0 Å². The number of aromatic amines is 1. The molecule has 2 aromatic heterocycles. The summed E-state index contributed by atoms with van der Waals surface area (Å²) in [6.07, 6.45) is 11.2. The lowest BCUT2D eigenvalue weighted by molar-refractivity contribution is -0.156. The second kappa shape index (κ2) is 10.5. The number of rotatable bonds is 12. The number of nitrogens with zero attached hydrogens (tertiary/aromatic N) is 3. The lowest BCUT2D eigenvalue weighted by atomic mass is 9.80. The third kappa shape index (κ3) is 5.01. The summed E-state index contributed by atoms with van der Waals surface area (Å²) >= 11 is 0. The fraction of sp³-hybridized carbons (Fsp3) is 0.556. The van der Waals surface area contributed by atoms with Crippen molar-refractivity contribution in [2.45, 2.75) is 58.0 Å². The molecule has 0 bridgehead atoms. The van der Waals surface area contributed by atoms with Crippen molar-refractivity contribution < 1.29 is 19.1 Å². The van der Waals surface area contributed by atoms with Gasteiger partial charge in [0.1, 0.15) is 11.5 Å². The molecule has 3 fully saturated rings. The number of carbonyl (C=O) groups excluding carboxylic acids is 3. The number of hydrogen-bond donors (Lipinski definition) is 4. The second-order valence-corrected chi connectivity index (χ2v) is 10.6. The Balaban J connectivity index is 1.42. The van der Waals surface area contributed by atoms with E-state index in [-0.39, 0.29) is 24.3 Å². The van der Waals surface area contributed by atoms with Crippen LogP contribution in [0.1, 0.15) is 73.5 Å². The van der Waals surface area contributed by atoms with Crippen molar-refractivity contribution in [3.05, 3.63) is 41.2 Å². The zero-order valence-corrected chi connectivity index (χ0v) is 21.8. The average molecular weight is 522 g/mol. The number of methoxy groups -OCH3 is 1. The largest absolute Gasteiger partial charge is 0.468 e. The predicted octanol–water partition coefficient (Wildman–Crippen LogP) is 2.64. The highest BCUT2D eigenvalue weighted by molar-refractivity contribution is 6.05. The molecule has 0 aromatic carbocycles. The van der Waals surface area contributed by atoms with Gasteiger partial charge in [-0.25, -0.2) is 4.98 Å². The van der Waals surface area contributed by atoms with Gasteiger partial charge >= 0.3 is 5.97 Å². The van der Waals surface area contributed by atoms with E-state index in [9.17, 15) is 14.4 Å². The van der Waals surface area contributed by atoms with Gasteiger partial charge in [-0.15, -0.1) is 0 Å². The molecule has 0 radical (unpaired) electrons. The van der Waals surface area contributed by atoms with Crippen molar-refractivity contribution >= 4 is 30.1 Å². The summed E-state index contributed by atoms with van der Waals surface area (Å²) in [4.78, 5) is 46.3. The average Bonchev–Trinajstić information content (AvgIpc) is 3.81. The van der Waals surface area contributed by atoms with E-state index in [0.717, 1.165) is 37.6 Å². The maximum absolute atomic E-state index is 13.3. The Hall–Kier alpha value is -3.76. The number of aromatic nitrogens is 4. The van der Waals surface area contributed by atoms with E-state index < -0.39 is 11.4 Å². The molecule has 1 saturated heterocycles. The van der Waals surface area contributed by atoms with Gasteiger partial charge in [-0.1, -0.05) is 0 Å². The highest BCUT2D eigenvalue weighted by Gasteiger charge is 2.50. The molecule has 5 rings (SSSR count). The predicted molar refractivity (Wildman–Crippen MR) is 139 cm³/mol. The third-order valence-electron chi connectivity index (χ3n) is 8.06. The summed E-state index contributed by atoms with van der Waals surface area (Å²) in [7, 11) is 1.26. The van der Waals surface area contributed by atoms with Crippen LogP contribution in [-0.4, -0.2) is 57.4 Å². The molecule has 2 aliphatic carbocycles. The highest BCUT2D eigenvalue weighted by atomic mass is 16.5. The Kier molecular flexibility index (Phi) is 7.18. The van der Waals surface area contributed by atoms with Gasteiger partial charge in [0.25, 0.3) is 5.91 Å². The van der Waals surface area contributed by atoms with E-state index in [0.29, 0.717) is 54.4 Å². The number of esters is 1. The monoisotopic (exact) mass is 521 g/mol. The van der Waals surface area contributed by atoms with Crippen LogP contribution in [0, 0.1) is 28.6 Å². The summed E-state index contributed by atoms with van der Waals surface area (Å²) < 4.78 is 6.62. The molecule has 2 amide bonds. The molecule has 11 heteroatoms. The van der Waals surface area contributed by atoms with Crippen LogP contribution in [0.3, 0.4) is 0 Å². The Bertz CT molecular complexity index is 1240. The molecule has 38 heavy (non-hydrogen) atoms. The lowest BCUT2D eigenvalue weighted by Gasteiger charge is -2.27. The molecule has 2 saturated carbocycles. The van der Waals surface area contributed by atoms with Crippen LogP contribution in [0.15, 0.2) is 24.0 Å². The fourth-order valence-corrected chi connectivity index (χ4v) is 5.82. The number of carbonyl (C=O) groups is 3. The van der Waals surface area contributed by atoms with Gasteiger partial charge in [-0.3, -0.25) is 19.1 Å². The standard InChI is InChI=1S/C27H35N7O4/c1-3-34-20(8-10-31-34)24(35)33-23(22(17-4-5-17)18-6-7-18)19-15-30-21(32-19)12-16(14-28)13-27(26(37)38-2)9-11-29-25(27)36/h8,10,12,14-15,17-18,22-23,28H,3-7,9,11,13H2,1-2H3,(H,29,36)(H,30,32)(H,33,35)/b16-12-,28-14?. The zero-order valence-electron chi connectivity index (χ0n) is 21.8. The second-order valence-electron chi connectivity index (χ2n) is 10.6. The first kappa shape index (κ1) is 25.9. The first-order chi connectivity index (χ1) is 18.4. The van der Waals surface area contributed by atoms with Crippen molar-refractivity contribution in [2.24, 2.45) is 23.2 Å². The molecule has 0 spiro atoms. The molecule has 202 valence electrons. The van der Waals surface area contributed by atoms with Crippen LogP contribution in [0.5, 0.6) is 0 Å². The molecule has 4 N–H and O–H groups in total. The van der Waals surface area contributed by atoms with Crippen LogP contribution in [0.4, 0.5) is 0 Å². The van der Waals surface area contributed by atoms with Crippen LogP contribution >= 0.6 is 0 Å². The number of H-pyrrole nitrogens is 1. The fourth-order valence-electron chi connectivity index (χ4n) is 5.82. The van der Waals surface area contributed by atoms with Gasteiger partial charge in [-0.05, 0) is 80.9 Å². The summed E-state index contributed by atoms with van der Waals surface area (Å²) in [5.74, 6) is 0.809. The van der Waals surface area contributed by atoms with E-state index in [1.165, 1.54) is 7.11 Å². The lowest BCUT2D eigenvalue weighted by Crippen LogP contribution is -2.40. The number of imidazole rings is 1. The van der Waals surface area contributed by atoms with Gasteiger partial charge in [0.2, 0.25) is 5.91 Å². The normalized spacial score (nSPS) is 22.3. The minimum absolute atomic E-state index is 0.0407. The molecule has 11 nitrogen and oxygen atoms in total. The van der Waals surface area contributed by atoms with Crippen LogP contribution in [-0.2, 0) is 20.9 Å². The molecular weight excluding hydrogens is 486 g/mol. The summed E-state index contributed by atoms with van der Waals surface area (Å²) in [5.41, 5.74) is 0.454. The van der Waals surface area contributed by atoms with E-state index >= 15 is 0 Å².